The second-order valence-corrected chi connectivity index (χ2v) is 10.6. The Morgan fingerprint density at radius 1 is 1.10 bits per heavy atom. The van der Waals surface area contributed by atoms with Crippen molar-refractivity contribution in [2.45, 2.75) is 43.8 Å². The minimum atomic E-state index is -1.56. The minimum absolute atomic E-state index is 0.254. The highest BCUT2D eigenvalue weighted by Gasteiger charge is 2.32. The van der Waals surface area contributed by atoms with Gasteiger partial charge in [0.15, 0.2) is 0 Å². The zero-order valence-electron chi connectivity index (χ0n) is 23.5. The van der Waals surface area contributed by atoms with E-state index in [-0.39, 0.29) is 6.04 Å². The normalized spacial score (nSPS) is 16.8. The van der Waals surface area contributed by atoms with Crippen LogP contribution in [0.2, 0.25) is 5.02 Å². The van der Waals surface area contributed by atoms with Gasteiger partial charge in [-0.2, -0.15) is 10.5 Å². The van der Waals surface area contributed by atoms with Crippen molar-refractivity contribution in [3.05, 3.63) is 112 Å². The van der Waals surface area contributed by atoms with Crippen LogP contribution >= 0.6 is 11.6 Å². The number of nitrogens with zero attached hydrogens (tertiary/aromatic N) is 4. The van der Waals surface area contributed by atoms with Crippen LogP contribution in [-0.4, -0.2) is 16.0 Å². The number of halogens is 2. The summed E-state index contributed by atoms with van der Waals surface area (Å²) in [5, 5.41) is 29.0. The lowest BCUT2D eigenvalue weighted by atomic mass is 10.00. The molecule has 1 aromatic heterocycles. The van der Waals surface area contributed by atoms with Crippen molar-refractivity contribution in [2.75, 3.05) is 10.6 Å². The first-order valence-corrected chi connectivity index (χ1v) is 14.0. The average molecular weight is 580 g/mol. The van der Waals surface area contributed by atoms with E-state index in [2.05, 4.69) is 38.7 Å². The molecular weight excluding hydrogens is 551 g/mol. The predicted octanol–water partition coefficient (Wildman–Crippen LogP) is 6.84. The van der Waals surface area contributed by atoms with Crippen molar-refractivity contribution in [3.8, 4) is 12.1 Å². The number of fused-ring (bicyclic) bond motifs is 1. The molecule has 0 radical (unpaired) electrons. The van der Waals surface area contributed by atoms with E-state index >= 15 is 0 Å². The molecule has 1 saturated carbocycles. The number of hydrazine groups is 2. The molecule has 210 valence electrons. The zero-order valence-corrected chi connectivity index (χ0v) is 23.3. The third-order valence-corrected chi connectivity index (χ3v) is 7.60. The third kappa shape index (κ3) is 5.80. The van der Waals surface area contributed by atoms with E-state index in [9.17, 15) is 16.3 Å². The Hall–Kier alpha value is -4.83. The summed E-state index contributed by atoms with van der Waals surface area (Å²) in [6.45, 7) is 0. The van der Waals surface area contributed by atoms with Crippen LogP contribution in [0.1, 0.15) is 55.8 Å². The first kappa shape index (κ1) is 26.1. The molecule has 3 aromatic carbocycles. The van der Waals surface area contributed by atoms with Gasteiger partial charge in [0.1, 0.15) is 11.9 Å². The number of benzene rings is 3. The molecule has 1 aliphatic carbocycles. The van der Waals surface area contributed by atoms with Gasteiger partial charge in [-0.15, -0.1) is 5.53 Å². The number of pyridine rings is 1. The third-order valence-electron chi connectivity index (χ3n) is 7.31. The Morgan fingerprint density at radius 3 is 2.60 bits per heavy atom. The van der Waals surface area contributed by atoms with Crippen LogP contribution in [0.25, 0.3) is 10.9 Å². The maximum Gasteiger partial charge on any atom is 0.123 e. The summed E-state index contributed by atoms with van der Waals surface area (Å²) < 4.78 is 23.5. The SMILES string of the molecule is [2H]C(Nc1cc(Cl)c2ncc(C#N)c(N[C@@H](CCC#N)c3ccccc3)c2c1)(C1=CN(C2CC2)NN1)c1ccc(F)cc1. The maximum absolute atomic E-state index is 13.9. The highest BCUT2D eigenvalue weighted by Crippen LogP contribution is 2.38. The van der Waals surface area contributed by atoms with Gasteiger partial charge in [0, 0.05) is 35.9 Å². The quantitative estimate of drug-likeness (QED) is 0.162. The van der Waals surface area contributed by atoms with E-state index in [0.29, 0.717) is 63.0 Å². The summed E-state index contributed by atoms with van der Waals surface area (Å²) in [4.78, 5) is 4.47. The molecule has 1 fully saturated rings. The number of rotatable bonds is 10. The largest absolute Gasteiger partial charge is 0.377 e. The summed E-state index contributed by atoms with van der Waals surface area (Å²) in [7, 11) is 0. The van der Waals surface area contributed by atoms with Gasteiger partial charge in [0.05, 0.1) is 47.0 Å². The molecular formula is C32H28ClFN8. The molecule has 10 heteroatoms. The summed E-state index contributed by atoms with van der Waals surface area (Å²) in [5.74, 6) is -0.402. The van der Waals surface area contributed by atoms with E-state index in [1.54, 1.807) is 24.3 Å². The first-order chi connectivity index (χ1) is 20.9. The molecule has 2 atom stereocenters. The number of hydrogen-bond acceptors (Lipinski definition) is 8. The van der Waals surface area contributed by atoms with Crippen molar-refractivity contribution in [3.63, 3.8) is 0 Å². The van der Waals surface area contributed by atoms with Crippen molar-refractivity contribution in [1.29, 1.82) is 10.5 Å². The topological polar surface area (TPSA) is 112 Å². The first-order valence-electron chi connectivity index (χ1n) is 14.2. The second kappa shape index (κ2) is 12.0. The van der Waals surface area contributed by atoms with Gasteiger partial charge in [0.2, 0.25) is 0 Å². The maximum atomic E-state index is 13.9. The summed E-state index contributed by atoms with van der Waals surface area (Å²) >= 11 is 6.78. The van der Waals surface area contributed by atoms with E-state index in [4.69, 9.17) is 11.6 Å². The van der Waals surface area contributed by atoms with Crippen LogP contribution in [0.4, 0.5) is 15.8 Å². The zero-order chi connectivity index (χ0) is 30.0. The van der Waals surface area contributed by atoms with Crippen LogP contribution in [-0.2, 0) is 0 Å². The average Bonchev–Trinajstić information content (AvgIpc) is 3.75. The Bertz CT molecular complexity index is 1770. The number of anilines is 2. The Labute approximate surface area is 249 Å². The van der Waals surface area contributed by atoms with Crippen molar-refractivity contribution < 1.29 is 5.76 Å². The fourth-order valence-electron chi connectivity index (χ4n) is 5.02. The Morgan fingerprint density at radius 2 is 1.88 bits per heavy atom. The summed E-state index contributed by atoms with van der Waals surface area (Å²) in [6, 6.07) is 22.0. The number of hydrogen-bond donors (Lipinski definition) is 4. The van der Waals surface area contributed by atoms with Gasteiger partial charge >= 0.3 is 0 Å². The van der Waals surface area contributed by atoms with Crippen LogP contribution in [0.5, 0.6) is 0 Å². The van der Waals surface area contributed by atoms with E-state index in [0.717, 1.165) is 18.4 Å². The lowest BCUT2D eigenvalue weighted by Gasteiger charge is -2.24. The molecule has 0 bridgehead atoms. The van der Waals surface area contributed by atoms with Gasteiger partial charge in [-0.1, -0.05) is 54.1 Å². The lowest BCUT2D eigenvalue weighted by Crippen LogP contribution is -2.38. The number of nitriles is 2. The molecule has 0 spiro atoms. The molecule has 1 aliphatic heterocycles. The van der Waals surface area contributed by atoms with E-state index in [1.807, 2.05) is 41.5 Å². The molecule has 1 unspecified atom stereocenters. The predicted molar refractivity (Wildman–Crippen MR) is 161 cm³/mol. The van der Waals surface area contributed by atoms with Gasteiger partial charge in [0.25, 0.3) is 0 Å². The fraction of sp³-hybridized carbons (Fsp3) is 0.219. The van der Waals surface area contributed by atoms with Gasteiger partial charge in [-0.25, -0.2) is 4.39 Å². The molecule has 2 heterocycles. The molecule has 4 N–H and O–H groups in total. The Balaban J connectivity index is 1.44. The van der Waals surface area contributed by atoms with Crippen molar-refractivity contribution >= 4 is 33.9 Å². The van der Waals surface area contributed by atoms with Crippen LogP contribution in [0.15, 0.2) is 84.8 Å². The summed E-state index contributed by atoms with van der Waals surface area (Å²) in [6.07, 6.45) is 6.27. The van der Waals surface area contributed by atoms with Crippen LogP contribution < -0.4 is 21.6 Å². The highest BCUT2D eigenvalue weighted by atomic mass is 35.5. The van der Waals surface area contributed by atoms with Gasteiger partial charge in [-0.3, -0.25) is 9.99 Å². The molecule has 6 rings (SSSR count). The molecule has 0 amide bonds. The van der Waals surface area contributed by atoms with E-state index < -0.39 is 11.8 Å². The molecule has 42 heavy (non-hydrogen) atoms. The highest BCUT2D eigenvalue weighted by molar-refractivity contribution is 6.35. The molecule has 2 aliphatic rings. The van der Waals surface area contributed by atoms with Gasteiger partial charge < -0.3 is 16.1 Å². The molecule has 8 nitrogen and oxygen atoms in total. The van der Waals surface area contributed by atoms with Crippen molar-refractivity contribution in [2.24, 2.45) is 0 Å². The van der Waals surface area contributed by atoms with Crippen LogP contribution in [0.3, 0.4) is 0 Å². The molecule has 4 aromatic rings. The van der Waals surface area contributed by atoms with E-state index in [1.165, 1.54) is 18.3 Å². The lowest BCUT2D eigenvalue weighted by molar-refractivity contribution is 0.260. The summed E-state index contributed by atoms with van der Waals surface area (Å²) in [5.41, 5.74) is 10.1. The second-order valence-electron chi connectivity index (χ2n) is 10.2. The number of nitrogens with one attached hydrogen (secondary N) is 4. The molecule has 0 saturated heterocycles. The number of aromatic nitrogens is 1. The smallest absolute Gasteiger partial charge is 0.123 e. The van der Waals surface area contributed by atoms with Crippen LogP contribution in [0, 0.1) is 28.5 Å². The fourth-order valence-corrected chi connectivity index (χ4v) is 5.29. The van der Waals surface area contributed by atoms with Crippen molar-refractivity contribution in [1.82, 2.24) is 21.0 Å². The standard InChI is InChI=1S/C32H28ClFN8/c33-27-16-24(38-31(21-8-10-23(34)11-9-21)29-19-42(41-40-29)25-12-13-25)15-26-30(22(17-36)18-37-32(26)27)39-28(7-4-14-35)20-5-2-1-3-6-20/h1-3,5-6,8-11,15-16,18-19,25,28,31,38,40-41H,4,7,12-13H2,(H,37,39)/t28-,31?/m0/s1/i31D. The monoisotopic (exact) mass is 579 g/mol. The minimum Gasteiger partial charge on any atom is -0.377 e. The Kier molecular flexibility index (Phi) is 7.43. The van der Waals surface area contributed by atoms with Gasteiger partial charge in [-0.05, 0) is 54.7 Å².